The van der Waals surface area contributed by atoms with Crippen molar-refractivity contribution < 1.29 is 14.2 Å². The van der Waals surface area contributed by atoms with Crippen LogP contribution in [-0.4, -0.2) is 44.2 Å². The highest BCUT2D eigenvalue weighted by atomic mass is 19.1. The van der Waals surface area contributed by atoms with Gasteiger partial charge >= 0.3 is 0 Å². The second-order valence-electron chi connectivity index (χ2n) is 8.59. The highest BCUT2D eigenvalue weighted by Crippen LogP contribution is 2.33. The number of nitrogens with one attached hydrogen (secondary N) is 1. The number of phenols is 1. The van der Waals surface area contributed by atoms with Crippen LogP contribution in [0.15, 0.2) is 53.5 Å². The first-order chi connectivity index (χ1) is 15.5. The molecule has 0 aliphatic carbocycles. The molecule has 3 aromatic rings. The third kappa shape index (κ3) is 3.98. The van der Waals surface area contributed by atoms with Gasteiger partial charge in [0.1, 0.15) is 11.9 Å². The summed E-state index contributed by atoms with van der Waals surface area (Å²) in [7, 11) is 1.68. The molecule has 2 bridgehead atoms. The number of rotatable bonds is 4. The lowest BCUT2D eigenvalue weighted by atomic mass is 9.84. The van der Waals surface area contributed by atoms with E-state index in [-0.39, 0.29) is 23.2 Å². The zero-order valence-corrected chi connectivity index (χ0v) is 17.7. The number of phenolic OH excluding ortho intramolecular Hbond substituents is 1. The van der Waals surface area contributed by atoms with E-state index < -0.39 is 12.3 Å². The summed E-state index contributed by atoms with van der Waals surface area (Å²) in [4.78, 5) is 11.9. The van der Waals surface area contributed by atoms with Crippen molar-refractivity contribution in [3.8, 4) is 34.0 Å². The molecular formula is C24H25FN4O3. The number of aromatic hydroxyl groups is 1. The minimum absolute atomic E-state index is 0.0288. The van der Waals surface area contributed by atoms with Gasteiger partial charge in [-0.25, -0.2) is 4.39 Å². The van der Waals surface area contributed by atoms with Crippen LogP contribution >= 0.6 is 0 Å². The minimum Gasteiger partial charge on any atom is -0.507 e. The third-order valence-electron chi connectivity index (χ3n) is 6.40. The maximum absolute atomic E-state index is 14.7. The van der Waals surface area contributed by atoms with Gasteiger partial charge in [0.25, 0.3) is 5.56 Å². The highest BCUT2D eigenvalue weighted by Gasteiger charge is 2.41. The van der Waals surface area contributed by atoms with Crippen LogP contribution in [-0.2, 0) is 7.05 Å². The Morgan fingerprint density at radius 3 is 2.72 bits per heavy atom. The number of benzene rings is 1. The number of ether oxygens (including phenoxy) is 1. The summed E-state index contributed by atoms with van der Waals surface area (Å²) in [5.41, 5.74) is 2.31. The van der Waals surface area contributed by atoms with Crippen molar-refractivity contribution in [3.63, 3.8) is 0 Å². The molecule has 4 atom stereocenters. The summed E-state index contributed by atoms with van der Waals surface area (Å²) in [6.07, 6.45) is 3.62. The first-order valence-electron chi connectivity index (χ1n) is 10.9. The van der Waals surface area contributed by atoms with E-state index in [4.69, 9.17) is 4.74 Å². The van der Waals surface area contributed by atoms with Crippen molar-refractivity contribution in [2.45, 2.75) is 50.0 Å². The first kappa shape index (κ1) is 20.6. The van der Waals surface area contributed by atoms with Crippen LogP contribution in [0.5, 0.6) is 11.6 Å². The van der Waals surface area contributed by atoms with Crippen LogP contribution in [0.2, 0.25) is 0 Å². The number of hydrogen-bond acceptors (Lipinski definition) is 6. The minimum atomic E-state index is -1.07. The standard InChI is InChI=1S/C24H25FN4O3/c1-29-10-9-15(12-23(29)31)14-5-6-17(20(30)11-14)18-7-8-22(28-27-18)32-21-13-16-3-2-4-19(26-16)24(21)25/h5-12,16,19,21,24,26,30H,2-4,13H2,1H3/t16?,19?,21-,24+/m0/s1. The lowest BCUT2D eigenvalue weighted by Crippen LogP contribution is -2.59. The molecule has 8 heteroatoms. The Balaban J connectivity index is 1.32. The molecular weight excluding hydrogens is 411 g/mol. The molecule has 0 spiro atoms. The van der Waals surface area contributed by atoms with Crippen molar-refractivity contribution in [1.29, 1.82) is 0 Å². The maximum Gasteiger partial charge on any atom is 0.250 e. The molecule has 2 unspecified atom stereocenters. The van der Waals surface area contributed by atoms with Gasteiger partial charge in [-0.1, -0.05) is 12.5 Å². The van der Waals surface area contributed by atoms with E-state index in [0.717, 1.165) is 30.4 Å². The van der Waals surface area contributed by atoms with Gasteiger partial charge in [0.15, 0.2) is 6.17 Å². The van der Waals surface area contributed by atoms with E-state index in [2.05, 4.69) is 15.5 Å². The molecule has 166 valence electrons. The summed E-state index contributed by atoms with van der Waals surface area (Å²) < 4.78 is 22.1. The van der Waals surface area contributed by atoms with Crippen molar-refractivity contribution in [2.75, 3.05) is 0 Å². The molecule has 0 amide bonds. The number of nitrogens with zero attached hydrogens (tertiary/aromatic N) is 3. The molecule has 2 aromatic heterocycles. The lowest BCUT2D eigenvalue weighted by molar-refractivity contribution is 0.00652. The number of piperidine rings is 2. The van der Waals surface area contributed by atoms with Crippen LogP contribution in [0.3, 0.4) is 0 Å². The van der Waals surface area contributed by atoms with Gasteiger partial charge in [-0.3, -0.25) is 4.79 Å². The molecule has 4 heterocycles. The summed E-state index contributed by atoms with van der Waals surface area (Å²) in [6, 6.07) is 12.0. The van der Waals surface area contributed by atoms with Crippen LogP contribution in [0.1, 0.15) is 25.7 Å². The Morgan fingerprint density at radius 2 is 1.97 bits per heavy atom. The molecule has 5 rings (SSSR count). The molecule has 0 radical (unpaired) electrons. The molecule has 7 nitrogen and oxygen atoms in total. The molecule has 2 N–H and O–H groups in total. The second-order valence-corrected chi connectivity index (χ2v) is 8.59. The van der Waals surface area contributed by atoms with E-state index in [1.807, 2.05) is 12.1 Å². The molecule has 2 aliphatic heterocycles. The quantitative estimate of drug-likeness (QED) is 0.653. The Bertz CT molecular complexity index is 1180. The van der Waals surface area contributed by atoms with Crippen molar-refractivity contribution in [2.24, 2.45) is 7.05 Å². The van der Waals surface area contributed by atoms with Gasteiger partial charge < -0.3 is 19.7 Å². The van der Waals surface area contributed by atoms with Crippen molar-refractivity contribution in [1.82, 2.24) is 20.1 Å². The topological polar surface area (TPSA) is 89.3 Å². The number of aromatic nitrogens is 3. The number of fused-ring (bicyclic) bond motifs is 2. The van der Waals surface area contributed by atoms with E-state index in [1.165, 1.54) is 10.6 Å². The highest BCUT2D eigenvalue weighted by molar-refractivity contribution is 5.74. The number of aryl methyl sites for hydroxylation is 1. The summed E-state index contributed by atoms with van der Waals surface area (Å²) in [5.74, 6) is 0.304. The number of halogens is 1. The van der Waals surface area contributed by atoms with Gasteiger partial charge in [0.2, 0.25) is 5.88 Å². The SMILES string of the molecule is Cn1ccc(-c2ccc(-c3ccc(O[C@H]4CC5CCCC(N5)[C@H]4F)nn3)c(O)c2)cc1=O. The molecule has 2 fully saturated rings. The van der Waals surface area contributed by atoms with Gasteiger partial charge in [-0.15, -0.1) is 10.2 Å². The third-order valence-corrected chi connectivity index (χ3v) is 6.40. The molecule has 32 heavy (non-hydrogen) atoms. The van der Waals surface area contributed by atoms with Gasteiger partial charge in [-0.2, -0.15) is 0 Å². The predicted molar refractivity (Wildman–Crippen MR) is 118 cm³/mol. The fourth-order valence-corrected chi connectivity index (χ4v) is 4.61. The Morgan fingerprint density at radius 1 is 1.12 bits per heavy atom. The largest absolute Gasteiger partial charge is 0.507 e. The first-order valence-corrected chi connectivity index (χ1v) is 10.9. The summed E-state index contributed by atoms with van der Waals surface area (Å²) in [5, 5.41) is 22.2. The average molecular weight is 436 g/mol. The molecule has 2 saturated heterocycles. The Kier molecular flexibility index (Phi) is 5.38. The van der Waals surface area contributed by atoms with Gasteiger partial charge in [0, 0.05) is 49.4 Å². The van der Waals surface area contributed by atoms with Crippen LogP contribution in [0.25, 0.3) is 22.4 Å². The number of pyridine rings is 1. The number of alkyl halides is 1. The van der Waals surface area contributed by atoms with Crippen LogP contribution in [0, 0.1) is 0 Å². The van der Waals surface area contributed by atoms with E-state index in [0.29, 0.717) is 23.7 Å². The monoisotopic (exact) mass is 436 g/mol. The normalized spacial score (nSPS) is 24.8. The maximum atomic E-state index is 14.7. The van der Waals surface area contributed by atoms with E-state index in [1.54, 1.807) is 37.5 Å². The smallest absolute Gasteiger partial charge is 0.250 e. The van der Waals surface area contributed by atoms with E-state index >= 15 is 0 Å². The van der Waals surface area contributed by atoms with Crippen molar-refractivity contribution >= 4 is 0 Å². The molecule has 1 aromatic carbocycles. The average Bonchev–Trinajstić information content (AvgIpc) is 2.80. The molecule has 2 aliphatic rings. The van der Waals surface area contributed by atoms with Gasteiger partial charge in [0.05, 0.1) is 5.69 Å². The Labute approximate surface area is 184 Å². The zero-order valence-electron chi connectivity index (χ0n) is 17.7. The Hall–Kier alpha value is -3.26. The van der Waals surface area contributed by atoms with Crippen LogP contribution in [0.4, 0.5) is 4.39 Å². The summed E-state index contributed by atoms with van der Waals surface area (Å²) in [6.45, 7) is 0. The fourth-order valence-electron chi connectivity index (χ4n) is 4.61. The van der Waals surface area contributed by atoms with E-state index in [9.17, 15) is 14.3 Å². The lowest BCUT2D eigenvalue weighted by Gasteiger charge is -2.42. The molecule has 0 saturated carbocycles. The predicted octanol–water partition coefficient (Wildman–Crippen LogP) is 3.21. The van der Waals surface area contributed by atoms with Gasteiger partial charge in [-0.05, 0) is 48.2 Å². The van der Waals surface area contributed by atoms with Crippen molar-refractivity contribution in [3.05, 3.63) is 59.0 Å². The fraction of sp³-hybridized carbons (Fsp3) is 0.375. The summed E-state index contributed by atoms with van der Waals surface area (Å²) >= 11 is 0. The zero-order chi connectivity index (χ0) is 22.2. The number of hydrogen-bond donors (Lipinski definition) is 2. The second kappa shape index (κ2) is 8.35. The van der Waals surface area contributed by atoms with Crippen LogP contribution < -0.4 is 15.6 Å².